The fourth-order valence-electron chi connectivity index (χ4n) is 7.64. The van der Waals surface area contributed by atoms with Crippen molar-refractivity contribution in [1.82, 2.24) is 20.2 Å². The summed E-state index contributed by atoms with van der Waals surface area (Å²) in [6.45, 7) is 6.88. The molecule has 2 aromatic carbocycles. The van der Waals surface area contributed by atoms with E-state index >= 15 is 4.39 Å². The van der Waals surface area contributed by atoms with Crippen molar-refractivity contribution < 1.29 is 56.4 Å². The predicted octanol–water partition coefficient (Wildman–Crippen LogP) is 5.78. The Labute approximate surface area is 316 Å². The molecule has 0 radical (unpaired) electrons. The van der Waals surface area contributed by atoms with Gasteiger partial charge >= 0.3 is 30.2 Å². The number of hydrogen-bond donors (Lipinski definition) is 4. The second-order valence-corrected chi connectivity index (χ2v) is 14.2. The fourth-order valence-corrected chi connectivity index (χ4v) is 7.64. The molecule has 17 heteroatoms. The van der Waals surface area contributed by atoms with Gasteiger partial charge in [0.25, 0.3) is 5.56 Å². The summed E-state index contributed by atoms with van der Waals surface area (Å²) >= 11 is 0. The monoisotopic (exact) mass is 782 g/mol. The number of amides is 1. The number of hydrogen-bond acceptors (Lipinski definition) is 9. The molecule has 0 unspecified atom stereocenters. The normalized spacial score (nSPS) is 18.5. The van der Waals surface area contributed by atoms with E-state index in [9.17, 15) is 37.5 Å². The van der Waals surface area contributed by atoms with Crippen molar-refractivity contribution in [1.29, 1.82) is 0 Å². The van der Waals surface area contributed by atoms with Gasteiger partial charge in [0.15, 0.2) is 0 Å². The highest BCUT2D eigenvalue weighted by molar-refractivity contribution is 5.94. The number of aromatic nitrogens is 2. The van der Waals surface area contributed by atoms with Gasteiger partial charge in [-0.1, -0.05) is 51.1 Å². The molecule has 0 fully saturated rings. The number of aliphatic carboxylic acids is 2. The van der Waals surface area contributed by atoms with Gasteiger partial charge in [-0.3, -0.25) is 14.9 Å². The molecule has 4 N–H and O–H groups in total. The van der Waals surface area contributed by atoms with Crippen molar-refractivity contribution in [2.75, 3.05) is 0 Å². The van der Waals surface area contributed by atoms with Gasteiger partial charge in [-0.05, 0) is 66.0 Å². The predicted molar refractivity (Wildman–Crippen MR) is 191 cm³/mol. The number of pyridine rings is 2. The molecule has 0 saturated carbocycles. The smallest absolute Gasteiger partial charge is 0.480 e. The van der Waals surface area contributed by atoms with Gasteiger partial charge in [-0.15, -0.1) is 0 Å². The van der Waals surface area contributed by atoms with E-state index in [-0.39, 0.29) is 37.7 Å². The fraction of sp³-hybridized carbons (Fsp3) is 0.385. The number of fused-ring (bicyclic) bond motifs is 5. The van der Waals surface area contributed by atoms with Crippen molar-refractivity contribution in [2.24, 2.45) is 5.92 Å². The van der Waals surface area contributed by atoms with E-state index in [2.05, 4.69) is 10.6 Å². The first-order chi connectivity index (χ1) is 26.4. The molecule has 7 rings (SSSR count). The minimum atomic E-state index is -5.08. The number of cyclic esters (lactones) is 1. The van der Waals surface area contributed by atoms with E-state index in [1.165, 1.54) is 6.07 Å². The standard InChI is InChI=1S/C37H37FN4O7.C2HF3O2/c1-5-37(41-31(18(2)3)34(44)45)24-13-28-32-22(15-42(28)33(43)23(24)17-48-35(37)46)30-26(40-36(47)49-16-20-9-7-6-8-10-20)12-11-21-19(4)25(38)14-27(39-32)29(21)30;3-2(4,5)1(6)7/h6-10,13-14,18,26,31,41H,5,11-12,15-17H2,1-4H3,(H,40,47)(H,44,45);(H,6,7)/t26-,31-,37-;/m0./s1. The summed E-state index contributed by atoms with van der Waals surface area (Å²) in [6.07, 6.45) is -4.59. The van der Waals surface area contributed by atoms with Crippen LogP contribution < -0.4 is 16.2 Å². The second-order valence-electron chi connectivity index (χ2n) is 14.2. The maximum Gasteiger partial charge on any atom is 0.490 e. The third-order valence-electron chi connectivity index (χ3n) is 10.5. The summed E-state index contributed by atoms with van der Waals surface area (Å²) in [4.78, 5) is 67.0. The zero-order valence-electron chi connectivity index (χ0n) is 30.7. The van der Waals surface area contributed by atoms with Crippen LogP contribution in [0.4, 0.5) is 22.4 Å². The number of esters is 1. The van der Waals surface area contributed by atoms with Crippen LogP contribution >= 0.6 is 0 Å². The van der Waals surface area contributed by atoms with Crippen LogP contribution in [0.25, 0.3) is 22.3 Å². The molecule has 4 aromatic rings. The van der Waals surface area contributed by atoms with Gasteiger partial charge in [-0.2, -0.15) is 13.2 Å². The lowest BCUT2D eigenvalue weighted by Gasteiger charge is -2.39. The molecule has 13 nitrogen and oxygen atoms in total. The lowest BCUT2D eigenvalue weighted by Crippen LogP contribution is -2.60. The summed E-state index contributed by atoms with van der Waals surface area (Å²) < 4.78 is 59.7. The van der Waals surface area contributed by atoms with Crippen molar-refractivity contribution in [3.05, 3.63) is 97.6 Å². The van der Waals surface area contributed by atoms with Crippen molar-refractivity contribution in [3.8, 4) is 11.4 Å². The van der Waals surface area contributed by atoms with Crippen LogP contribution in [0.1, 0.15) is 78.6 Å². The highest BCUT2D eigenvalue weighted by Gasteiger charge is 2.49. The van der Waals surface area contributed by atoms with Crippen molar-refractivity contribution in [2.45, 2.75) is 90.5 Å². The van der Waals surface area contributed by atoms with Gasteiger partial charge in [0.2, 0.25) is 0 Å². The number of benzene rings is 2. The maximum absolute atomic E-state index is 15.3. The Morgan fingerprint density at radius 1 is 1.09 bits per heavy atom. The minimum Gasteiger partial charge on any atom is -0.480 e. The van der Waals surface area contributed by atoms with Crippen LogP contribution in [0.3, 0.4) is 0 Å². The molecule has 1 aliphatic carbocycles. The number of alkyl carbamates (subject to hydrolysis) is 1. The molecule has 296 valence electrons. The molecule has 3 atom stereocenters. The van der Waals surface area contributed by atoms with E-state index in [1.54, 1.807) is 38.3 Å². The van der Waals surface area contributed by atoms with E-state index in [4.69, 9.17) is 24.4 Å². The Bertz CT molecular complexity index is 2330. The number of nitrogens with zero attached hydrogens (tertiary/aromatic N) is 2. The number of carboxylic acid groups (broad SMARTS) is 2. The maximum atomic E-state index is 15.3. The van der Waals surface area contributed by atoms with Gasteiger partial charge in [-0.25, -0.2) is 23.8 Å². The molecule has 2 aromatic heterocycles. The number of alkyl halides is 3. The third-order valence-corrected chi connectivity index (χ3v) is 10.5. The van der Waals surface area contributed by atoms with E-state index < -0.39 is 59.2 Å². The first kappa shape index (κ1) is 39.8. The van der Waals surface area contributed by atoms with E-state index in [0.29, 0.717) is 46.4 Å². The van der Waals surface area contributed by atoms with E-state index in [1.807, 2.05) is 30.3 Å². The highest BCUT2D eigenvalue weighted by atomic mass is 19.4. The Morgan fingerprint density at radius 2 is 1.77 bits per heavy atom. The SMILES string of the molecule is CC[C@@]1(N[C@H](C(=O)O)C(C)C)C(=O)OCc2c1cc1n(c2=O)Cc2c-1nc1cc(F)c(C)c3c1c2[C@@H](NC(=O)OCc1ccccc1)CC3.O=C(O)C(F)(F)F. The lowest BCUT2D eigenvalue weighted by molar-refractivity contribution is -0.192. The number of aryl methyl sites for hydroxylation is 1. The topological polar surface area (TPSA) is 186 Å². The molecule has 0 spiro atoms. The molecule has 0 bridgehead atoms. The van der Waals surface area contributed by atoms with Gasteiger partial charge in [0, 0.05) is 17.0 Å². The number of carbonyl (C=O) groups excluding carboxylic acids is 2. The van der Waals surface area contributed by atoms with Gasteiger partial charge in [0.1, 0.15) is 30.6 Å². The minimum absolute atomic E-state index is 0.0874. The van der Waals surface area contributed by atoms with Crippen LogP contribution in [0.5, 0.6) is 0 Å². The van der Waals surface area contributed by atoms with Crippen molar-refractivity contribution >= 4 is 34.9 Å². The van der Waals surface area contributed by atoms with E-state index in [0.717, 1.165) is 22.1 Å². The van der Waals surface area contributed by atoms with Crippen LogP contribution in [0.2, 0.25) is 0 Å². The third kappa shape index (κ3) is 7.06. The van der Waals surface area contributed by atoms with Crippen molar-refractivity contribution in [3.63, 3.8) is 0 Å². The Hall–Kier alpha value is -5.84. The highest BCUT2D eigenvalue weighted by Crippen LogP contribution is 2.46. The Morgan fingerprint density at radius 3 is 2.38 bits per heavy atom. The number of carboxylic acids is 2. The Kier molecular flexibility index (Phi) is 10.7. The molecular weight excluding hydrogens is 744 g/mol. The van der Waals surface area contributed by atoms with Crippen LogP contribution in [-0.4, -0.2) is 56.0 Å². The summed E-state index contributed by atoms with van der Waals surface area (Å²) in [6, 6.07) is 10.8. The number of halogens is 4. The molecular formula is C39H38F4N4O9. The van der Waals surface area contributed by atoms with Gasteiger partial charge < -0.3 is 29.6 Å². The molecule has 3 aliphatic rings. The average Bonchev–Trinajstić information content (AvgIpc) is 3.51. The number of rotatable bonds is 8. The summed E-state index contributed by atoms with van der Waals surface area (Å²) in [7, 11) is 0. The quantitative estimate of drug-likeness (QED) is 0.110. The number of carbonyl (C=O) groups is 4. The zero-order chi connectivity index (χ0) is 40.9. The molecule has 56 heavy (non-hydrogen) atoms. The Balaban J connectivity index is 0.000000695. The largest absolute Gasteiger partial charge is 0.490 e. The molecule has 4 heterocycles. The van der Waals surface area contributed by atoms with Crippen LogP contribution in [-0.2, 0) is 55.6 Å². The summed E-state index contributed by atoms with van der Waals surface area (Å²) in [5, 5.41) is 23.9. The average molecular weight is 783 g/mol. The zero-order valence-corrected chi connectivity index (χ0v) is 30.7. The first-order valence-corrected chi connectivity index (χ1v) is 17.8. The number of ether oxygens (including phenoxy) is 2. The molecule has 1 amide bonds. The lowest BCUT2D eigenvalue weighted by atomic mass is 9.80. The molecule has 0 saturated heterocycles. The first-order valence-electron chi connectivity index (χ1n) is 17.8. The van der Waals surface area contributed by atoms with Gasteiger partial charge in [0.05, 0.1) is 35.1 Å². The number of nitrogens with one attached hydrogen (secondary N) is 2. The second kappa shape index (κ2) is 15.0. The van der Waals surface area contributed by atoms with Crippen LogP contribution in [0, 0.1) is 18.7 Å². The summed E-state index contributed by atoms with van der Waals surface area (Å²) in [5.41, 5.74) is 3.45. The summed E-state index contributed by atoms with van der Waals surface area (Å²) in [5.74, 6) is -5.34. The molecule has 2 aliphatic heterocycles. The van der Waals surface area contributed by atoms with Crippen LogP contribution in [0.15, 0.2) is 47.3 Å².